The molecule has 1 aliphatic carbocycles. The fourth-order valence-electron chi connectivity index (χ4n) is 7.25. The number of nitrogens with zero attached hydrogens (tertiary/aromatic N) is 4. The fourth-order valence-corrected chi connectivity index (χ4v) is 10.4. The highest BCUT2D eigenvalue weighted by atomic mass is 32.2. The summed E-state index contributed by atoms with van der Waals surface area (Å²) in [6.07, 6.45) is 15.1. The van der Waals surface area contributed by atoms with E-state index in [0.29, 0.717) is 32.4 Å². The van der Waals surface area contributed by atoms with Crippen LogP contribution in [0.15, 0.2) is 5.10 Å². The average Bonchev–Trinajstić information content (AvgIpc) is 3.16. The third-order valence-corrected chi connectivity index (χ3v) is 12.9. The molecule has 0 aromatic rings. The Balaban J connectivity index is 1.70. The largest absolute Gasteiger partial charge is 0.379 e. The Bertz CT molecular complexity index is 945. The van der Waals surface area contributed by atoms with Gasteiger partial charge in [-0.15, -0.1) is 5.10 Å². The van der Waals surface area contributed by atoms with Gasteiger partial charge in [0.25, 0.3) is 4.87 Å². The number of carbonyl (C=O) groups excluding carboxylic acids is 1. The molecular weight excluding hydrogens is 540 g/mol. The Labute approximate surface area is 250 Å². The van der Waals surface area contributed by atoms with E-state index >= 15 is 0 Å². The second kappa shape index (κ2) is 15.8. The van der Waals surface area contributed by atoms with Crippen molar-refractivity contribution in [1.82, 2.24) is 20.5 Å². The topological polar surface area (TPSA) is 103 Å². The summed E-state index contributed by atoms with van der Waals surface area (Å²) in [7, 11) is 0.261. The number of amides is 2. The Hall–Kier alpha value is -1.59. The summed E-state index contributed by atoms with van der Waals surface area (Å²) < 4.78 is 34.0. The Kier molecular flexibility index (Phi) is 13.0. The van der Waals surface area contributed by atoms with Crippen LogP contribution in [0.3, 0.4) is 0 Å². The summed E-state index contributed by atoms with van der Waals surface area (Å²) >= 11 is 0. The highest BCUT2D eigenvalue weighted by Gasteiger charge is 2.86. The van der Waals surface area contributed by atoms with Crippen molar-refractivity contribution >= 4 is 22.0 Å². The molecule has 10 nitrogen and oxygen atoms in total. The van der Waals surface area contributed by atoms with Crippen molar-refractivity contribution in [3.05, 3.63) is 0 Å². The molecule has 0 aromatic heterocycles. The highest BCUT2D eigenvalue weighted by Crippen LogP contribution is 2.61. The first-order valence-electron chi connectivity index (χ1n) is 16.5. The van der Waals surface area contributed by atoms with Crippen molar-refractivity contribution in [2.75, 3.05) is 46.9 Å². The van der Waals surface area contributed by atoms with Gasteiger partial charge in [0, 0.05) is 46.6 Å². The molecule has 0 aromatic carbocycles. The summed E-state index contributed by atoms with van der Waals surface area (Å²) in [5.41, 5.74) is 2.66. The predicted molar refractivity (Wildman–Crippen MR) is 166 cm³/mol. The Morgan fingerprint density at radius 3 is 2.12 bits per heavy atom. The van der Waals surface area contributed by atoms with E-state index in [0.717, 1.165) is 51.3 Å². The lowest BCUT2D eigenvalue weighted by Gasteiger charge is -2.34. The van der Waals surface area contributed by atoms with E-state index in [-0.39, 0.29) is 16.0 Å². The molecular formula is C30H59N6O4S+. The van der Waals surface area contributed by atoms with Crippen LogP contribution in [-0.2, 0) is 14.8 Å². The smallest absolute Gasteiger partial charge is 0.356 e. The maximum Gasteiger partial charge on any atom is 0.356 e. The van der Waals surface area contributed by atoms with Gasteiger partial charge in [-0.1, -0.05) is 65.2 Å². The number of methoxy groups -OCH3 is 1. The molecule has 1 saturated carbocycles. The Morgan fingerprint density at radius 1 is 0.976 bits per heavy atom. The number of rotatable bonds is 18. The number of urea groups is 1. The van der Waals surface area contributed by atoms with Crippen molar-refractivity contribution in [3.63, 3.8) is 0 Å². The van der Waals surface area contributed by atoms with E-state index in [1.54, 1.807) is 7.11 Å². The molecule has 2 heterocycles. The van der Waals surface area contributed by atoms with E-state index in [1.165, 1.54) is 51.4 Å². The second-order valence-corrected chi connectivity index (χ2v) is 14.8. The predicted octanol–water partition coefficient (Wildman–Crippen LogP) is 4.97. The van der Waals surface area contributed by atoms with Crippen LogP contribution < -0.4 is 10.7 Å². The normalized spacial score (nSPS) is 27.5. The monoisotopic (exact) mass is 599 g/mol. The van der Waals surface area contributed by atoms with Crippen molar-refractivity contribution < 1.29 is 21.8 Å². The van der Waals surface area contributed by atoms with E-state index in [1.807, 2.05) is 11.9 Å². The molecule has 11 heteroatoms. The number of guanidine groups is 1. The van der Waals surface area contributed by atoms with Crippen molar-refractivity contribution in [2.45, 2.75) is 134 Å². The van der Waals surface area contributed by atoms with Crippen LogP contribution in [0.2, 0.25) is 0 Å². The summed E-state index contributed by atoms with van der Waals surface area (Å²) in [5, 5.41) is 7.42. The van der Waals surface area contributed by atoms with Crippen molar-refractivity contribution in [1.29, 1.82) is 0 Å². The maximum absolute atomic E-state index is 14.0. The van der Waals surface area contributed by atoms with Gasteiger partial charge in [0.2, 0.25) is 5.96 Å². The fraction of sp³-hybridized carbons (Fsp3) is 0.933. The second-order valence-electron chi connectivity index (χ2n) is 12.4. The van der Waals surface area contributed by atoms with Gasteiger partial charge in [-0.25, -0.2) is 10.2 Å². The van der Waals surface area contributed by atoms with Gasteiger partial charge in [0.05, 0.1) is 25.2 Å². The lowest BCUT2D eigenvalue weighted by atomic mass is 9.86. The van der Waals surface area contributed by atoms with Gasteiger partial charge < -0.3 is 19.9 Å². The number of likely N-dealkylation sites (N-methyl/N-ethyl adjacent to an activating group) is 2. The van der Waals surface area contributed by atoms with Crippen LogP contribution in [-0.4, -0.2) is 98.0 Å². The molecule has 3 rings (SSSR count). The number of quaternary nitrogens is 1. The number of ether oxygens (including phenoxy) is 1. The van der Waals surface area contributed by atoms with Gasteiger partial charge in [-0.3, -0.25) is 0 Å². The number of carbonyl (C=O) groups is 1. The number of hydrogen-bond acceptors (Lipinski definition) is 5. The molecule has 3 fully saturated rings. The molecule has 3 aliphatic rings. The van der Waals surface area contributed by atoms with Crippen LogP contribution >= 0.6 is 0 Å². The summed E-state index contributed by atoms with van der Waals surface area (Å²) in [4.78, 5) is 16.3. The molecule has 0 radical (unpaired) electrons. The number of sulfonamides is 1. The summed E-state index contributed by atoms with van der Waals surface area (Å²) in [6.45, 7) is 10.4. The molecule has 2 saturated heterocycles. The van der Waals surface area contributed by atoms with E-state index in [9.17, 15) is 13.2 Å². The van der Waals surface area contributed by atoms with Crippen molar-refractivity contribution in [3.8, 4) is 0 Å². The third-order valence-electron chi connectivity index (χ3n) is 9.79. The van der Waals surface area contributed by atoms with Crippen LogP contribution in [0.4, 0.5) is 4.79 Å². The summed E-state index contributed by atoms with van der Waals surface area (Å²) in [5.74, 6) is 0.740. The quantitative estimate of drug-likeness (QED) is 0.0998. The molecule has 2 aliphatic heterocycles. The highest BCUT2D eigenvalue weighted by molar-refractivity contribution is 7.92. The minimum absolute atomic E-state index is 0.205. The van der Waals surface area contributed by atoms with E-state index in [2.05, 4.69) is 41.5 Å². The third kappa shape index (κ3) is 7.50. The molecule has 3 atom stereocenters. The first-order chi connectivity index (χ1) is 19.7. The molecule has 41 heavy (non-hydrogen) atoms. The molecule has 0 bridgehead atoms. The van der Waals surface area contributed by atoms with Gasteiger partial charge in [-0.2, -0.15) is 12.3 Å². The van der Waals surface area contributed by atoms with Gasteiger partial charge in [-0.05, 0) is 39.0 Å². The number of unbranched alkanes of at least 4 members (excludes halogenated alkanes) is 10. The standard InChI is InChI=1S/C30H58N6O4S/c1-6-9-11-13-15-17-23-36(24-18-16-14-12-10-7-2)30(41(36,38)39)20-19-27(40-5)26(25-30)31-28(37)32-33-29-34(4)21-22-35(29)8-3/h26-27H,6-25H2,1-5H3,(H-,31,32,37)/p+1. The van der Waals surface area contributed by atoms with E-state index < -0.39 is 20.9 Å². The molecule has 2 N–H and O–H groups in total. The van der Waals surface area contributed by atoms with Gasteiger partial charge >= 0.3 is 16.1 Å². The molecule has 238 valence electrons. The minimum atomic E-state index is -3.35. The van der Waals surface area contributed by atoms with Crippen LogP contribution in [0.1, 0.15) is 117 Å². The molecule has 1 spiro atoms. The van der Waals surface area contributed by atoms with Crippen molar-refractivity contribution in [2.24, 2.45) is 5.10 Å². The molecule has 3 unspecified atom stereocenters. The lowest BCUT2D eigenvalue weighted by Crippen LogP contribution is -2.55. The molecule has 2 amide bonds. The SMILES string of the molecule is CCCCCCCC[N+]1(CCCCCCCC)C2(CCC(OC)C(NC(=O)NN=C3N(C)CCN3CC)C2)S1(=O)=O. The van der Waals surface area contributed by atoms with Gasteiger partial charge in [0.15, 0.2) is 0 Å². The average molecular weight is 600 g/mol. The van der Waals surface area contributed by atoms with Gasteiger partial charge in [0.1, 0.15) is 0 Å². The van der Waals surface area contributed by atoms with E-state index in [4.69, 9.17) is 4.74 Å². The first-order valence-corrected chi connectivity index (χ1v) is 17.9. The first kappa shape index (κ1) is 33.9. The van der Waals surface area contributed by atoms with Crippen LogP contribution in [0.5, 0.6) is 0 Å². The number of hydrazone groups is 1. The number of hydrogen-bond donors (Lipinski definition) is 2. The zero-order valence-corrected chi connectivity index (χ0v) is 27.4. The number of nitrogens with one attached hydrogen (secondary N) is 2. The maximum atomic E-state index is 14.0. The zero-order chi connectivity index (χ0) is 29.9. The Morgan fingerprint density at radius 2 is 1.56 bits per heavy atom. The minimum Gasteiger partial charge on any atom is -0.379 e. The zero-order valence-electron chi connectivity index (χ0n) is 26.6. The van der Waals surface area contributed by atoms with Crippen LogP contribution in [0.25, 0.3) is 0 Å². The van der Waals surface area contributed by atoms with Crippen LogP contribution in [0, 0.1) is 0 Å². The lowest BCUT2D eigenvalue weighted by molar-refractivity contribution is -0.778. The summed E-state index contributed by atoms with van der Waals surface area (Å²) in [6, 6.07) is -0.803.